The molecule has 1 unspecified atom stereocenters. The van der Waals surface area contributed by atoms with Crippen molar-refractivity contribution in [3.8, 4) is 5.75 Å². The van der Waals surface area contributed by atoms with Crippen LogP contribution in [0.1, 0.15) is 37.6 Å². The van der Waals surface area contributed by atoms with Gasteiger partial charge in [0.2, 0.25) is 5.91 Å². The number of carbonyl (C=O) groups is 4. The molecule has 0 radical (unpaired) electrons. The van der Waals surface area contributed by atoms with Crippen molar-refractivity contribution in [3.05, 3.63) is 54.1 Å². The molecule has 0 saturated carbocycles. The number of imide groups is 1. The van der Waals surface area contributed by atoms with E-state index in [1.165, 1.54) is 30.2 Å². The molecule has 1 aromatic carbocycles. The Morgan fingerprint density at radius 2 is 1.80 bits per heavy atom. The standard InChI is InChI=1S/C25H31ClN2O7/c1-7-14-34-22(31)25(15-17(2)26)16-27(23(32)35-24(3,4)5)12-13-28(21(25)30)20(29)18-8-10-19(33-6)11-9-18/h7-11H,1-2,12-16H2,3-6H3. The van der Waals surface area contributed by atoms with Crippen LogP contribution in [0.5, 0.6) is 5.75 Å². The molecule has 0 spiro atoms. The summed E-state index contributed by atoms with van der Waals surface area (Å²) in [5, 5.41) is -0.0169. The van der Waals surface area contributed by atoms with E-state index in [0.717, 1.165) is 4.90 Å². The number of nitrogens with zero attached hydrogens (tertiary/aromatic N) is 2. The summed E-state index contributed by atoms with van der Waals surface area (Å²) in [5.74, 6) is -1.92. The molecule has 3 amide bonds. The van der Waals surface area contributed by atoms with Gasteiger partial charge in [0.05, 0.1) is 7.11 Å². The highest BCUT2D eigenvalue weighted by atomic mass is 35.5. The Morgan fingerprint density at radius 1 is 1.17 bits per heavy atom. The van der Waals surface area contributed by atoms with Gasteiger partial charge in [-0.1, -0.05) is 30.8 Å². The van der Waals surface area contributed by atoms with Crippen molar-refractivity contribution in [3.63, 3.8) is 0 Å². The predicted molar refractivity (Wildman–Crippen MR) is 130 cm³/mol. The molecule has 1 aliphatic heterocycles. The molecule has 1 aliphatic rings. The van der Waals surface area contributed by atoms with Crippen LogP contribution in [-0.4, -0.2) is 72.6 Å². The molecule has 1 atom stereocenters. The van der Waals surface area contributed by atoms with E-state index in [2.05, 4.69) is 13.2 Å². The molecule has 2 rings (SSSR count). The number of ether oxygens (including phenoxy) is 3. The molecule has 10 heteroatoms. The molecule has 190 valence electrons. The summed E-state index contributed by atoms with van der Waals surface area (Å²) in [6.07, 6.45) is 0.244. The first-order valence-corrected chi connectivity index (χ1v) is 11.3. The highest BCUT2D eigenvalue weighted by Crippen LogP contribution is 2.36. The summed E-state index contributed by atoms with van der Waals surface area (Å²) in [6, 6.07) is 6.16. The summed E-state index contributed by atoms with van der Waals surface area (Å²) in [6.45, 7) is 11.4. The fourth-order valence-corrected chi connectivity index (χ4v) is 3.80. The van der Waals surface area contributed by atoms with Gasteiger partial charge in [-0.2, -0.15) is 0 Å². The number of halogens is 1. The van der Waals surface area contributed by atoms with Crippen molar-refractivity contribution in [1.29, 1.82) is 0 Å². The molecule has 1 saturated heterocycles. The lowest BCUT2D eigenvalue weighted by Crippen LogP contribution is -2.54. The van der Waals surface area contributed by atoms with E-state index >= 15 is 0 Å². The van der Waals surface area contributed by atoms with Gasteiger partial charge in [-0.15, -0.1) is 0 Å². The van der Waals surface area contributed by atoms with Gasteiger partial charge >= 0.3 is 12.1 Å². The largest absolute Gasteiger partial charge is 0.497 e. The Kier molecular flexibility index (Phi) is 9.09. The average Bonchev–Trinajstić information content (AvgIpc) is 2.93. The molecule has 1 fully saturated rings. The number of carbonyl (C=O) groups excluding carboxylic acids is 4. The highest BCUT2D eigenvalue weighted by Gasteiger charge is 2.54. The quantitative estimate of drug-likeness (QED) is 0.240. The number of benzene rings is 1. The Hall–Kier alpha value is -3.33. The lowest BCUT2D eigenvalue weighted by molar-refractivity contribution is -0.163. The molecule has 0 aliphatic carbocycles. The molecular weight excluding hydrogens is 476 g/mol. The van der Waals surface area contributed by atoms with Gasteiger partial charge in [-0.3, -0.25) is 19.3 Å². The second kappa shape index (κ2) is 11.4. The van der Waals surface area contributed by atoms with Gasteiger partial charge in [0.15, 0.2) is 5.41 Å². The van der Waals surface area contributed by atoms with Gasteiger partial charge in [0.25, 0.3) is 5.91 Å². The summed E-state index contributed by atoms with van der Waals surface area (Å²) >= 11 is 6.08. The van der Waals surface area contributed by atoms with Crippen LogP contribution >= 0.6 is 11.6 Å². The van der Waals surface area contributed by atoms with E-state index in [0.29, 0.717) is 5.75 Å². The van der Waals surface area contributed by atoms with Gasteiger partial charge in [0.1, 0.15) is 18.0 Å². The van der Waals surface area contributed by atoms with Crippen LogP contribution in [0, 0.1) is 5.41 Å². The molecule has 1 heterocycles. The van der Waals surface area contributed by atoms with Crippen molar-refractivity contribution in [2.75, 3.05) is 33.4 Å². The van der Waals surface area contributed by atoms with E-state index in [4.69, 9.17) is 25.8 Å². The lowest BCUT2D eigenvalue weighted by atomic mass is 9.82. The van der Waals surface area contributed by atoms with E-state index in [1.807, 2.05) is 0 Å². The number of amides is 3. The van der Waals surface area contributed by atoms with Gasteiger partial charge in [0, 0.05) is 36.7 Å². The van der Waals surface area contributed by atoms with Crippen LogP contribution in [0.25, 0.3) is 0 Å². The summed E-state index contributed by atoms with van der Waals surface area (Å²) in [4.78, 5) is 55.6. The first kappa shape index (κ1) is 27.9. The minimum atomic E-state index is -2.02. The van der Waals surface area contributed by atoms with Gasteiger partial charge < -0.3 is 19.1 Å². The van der Waals surface area contributed by atoms with Crippen LogP contribution in [0.2, 0.25) is 0 Å². The van der Waals surface area contributed by atoms with Crippen molar-refractivity contribution in [2.45, 2.75) is 32.8 Å². The molecule has 35 heavy (non-hydrogen) atoms. The van der Waals surface area contributed by atoms with Crippen LogP contribution < -0.4 is 4.74 Å². The van der Waals surface area contributed by atoms with Crippen molar-refractivity contribution in [2.24, 2.45) is 5.41 Å². The number of hydrogen-bond acceptors (Lipinski definition) is 7. The smallest absolute Gasteiger partial charge is 0.410 e. The normalized spacial score (nSPS) is 18.4. The Labute approximate surface area is 210 Å². The third-order valence-corrected chi connectivity index (χ3v) is 5.29. The topological polar surface area (TPSA) is 102 Å². The Morgan fingerprint density at radius 3 is 2.31 bits per heavy atom. The van der Waals surface area contributed by atoms with Crippen molar-refractivity contribution < 1.29 is 33.4 Å². The van der Waals surface area contributed by atoms with Gasteiger partial charge in [-0.25, -0.2) is 4.79 Å². The van der Waals surface area contributed by atoms with E-state index < -0.39 is 41.4 Å². The summed E-state index contributed by atoms with van der Waals surface area (Å²) in [7, 11) is 1.49. The SMILES string of the molecule is C=CCOC(=O)C1(CC(=C)Cl)CN(C(=O)OC(C)(C)C)CCN(C(=O)c2ccc(OC)cc2)C1=O. The van der Waals surface area contributed by atoms with E-state index in [9.17, 15) is 19.2 Å². The van der Waals surface area contributed by atoms with Crippen molar-refractivity contribution >= 4 is 35.5 Å². The monoisotopic (exact) mass is 506 g/mol. The van der Waals surface area contributed by atoms with Crippen LogP contribution in [0.3, 0.4) is 0 Å². The third-order valence-electron chi connectivity index (χ3n) is 5.16. The van der Waals surface area contributed by atoms with Crippen LogP contribution in [0.4, 0.5) is 4.79 Å². The molecular formula is C25H31ClN2O7. The Bertz CT molecular complexity index is 1000. The number of hydrogen-bond donors (Lipinski definition) is 0. The summed E-state index contributed by atoms with van der Waals surface area (Å²) < 4.78 is 15.8. The maximum atomic E-state index is 13.9. The Balaban J connectivity index is 2.57. The zero-order valence-corrected chi connectivity index (χ0v) is 21.2. The lowest BCUT2D eigenvalue weighted by Gasteiger charge is -2.34. The zero-order valence-electron chi connectivity index (χ0n) is 20.5. The minimum Gasteiger partial charge on any atom is -0.497 e. The van der Waals surface area contributed by atoms with Crippen molar-refractivity contribution in [1.82, 2.24) is 9.80 Å². The maximum Gasteiger partial charge on any atom is 0.410 e. The highest BCUT2D eigenvalue weighted by molar-refractivity contribution is 6.30. The van der Waals surface area contributed by atoms with Gasteiger partial charge in [-0.05, 0) is 45.0 Å². The second-order valence-corrected chi connectivity index (χ2v) is 9.59. The predicted octanol–water partition coefficient (Wildman–Crippen LogP) is 3.77. The molecule has 9 nitrogen and oxygen atoms in total. The second-order valence-electron chi connectivity index (χ2n) is 9.06. The van der Waals surface area contributed by atoms with E-state index in [-0.39, 0.29) is 36.7 Å². The summed E-state index contributed by atoms with van der Waals surface area (Å²) in [5.41, 5.74) is -2.64. The maximum absolute atomic E-state index is 13.9. The first-order valence-electron chi connectivity index (χ1n) is 10.9. The number of esters is 1. The number of methoxy groups -OCH3 is 1. The van der Waals surface area contributed by atoms with Crippen LogP contribution in [-0.2, 0) is 19.1 Å². The third kappa shape index (κ3) is 6.85. The molecule has 0 N–H and O–H groups in total. The van der Waals surface area contributed by atoms with E-state index in [1.54, 1.807) is 32.9 Å². The minimum absolute atomic E-state index is 0.0169. The molecule has 0 aromatic heterocycles. The number of rotatable bonds is 7. The molecule has 1 aromatic rings. The average molecular weight is 507 g/mol. The van der Waals surface area contributed by atoms with Crippen LogP contribution in [0.15, 0.2) is 48.5 Å². The zero-order chi connectivity index (χ0) is 26.4. The fraction of sp³-hybridized carbons (Fsp3) is 0.440. The molecule has 0 bridgehead atoms. The number of allylic oxidation sites excluding steroid dienone is 1. The fourth-order valence-electron chi connectivity index (χ4n) is 3.57. The first-order chi connectivity index (χ1) is 16.3.